The molecule has 22 heavy (non-hydrogen) atoms. The number of carbonyl (C=O) groups is 1. The van der Waals surface area contributed by atoms with Crippen LogP contribution in [-0.2, 0) is 9.84 Å². The number of hydrogen-bond donors (Lipinski definition) is 0. The van der Waals surface area contributed by atoms with Crippen molar-refractivity contribution in [3.8, 4) is 0 Å². The molecule has 0 N–H and O–H groups in total. The van der Waals surface area contributed by atoms with Crippen LogP contribution in [0.15, 0.2) is 47.4 Å². The first-order valence-corrected chi connectivity index (χ1v) is 8.77. The second-order valence-electron chi connectivity index (χ2n) is 5.33. The molecule has 0 aliphatic heterocycles. The summed E-state index contributed by atoms with van der Waals surface area (Å²) in [5, 5.41) is -0.709. The molecule has 0 unspecified atom stereocenters. The van der Waals surface area contributed by atoms with Crippen LogP contribution in [0.25, 0.3) is 0 Å². The van der Waals surface area contributed by atoms with E-state index in [0.717, 1.165) is 11.1 Å². The molecule has 0 bridgehead atoms. The maximum absolute atomic E-state index is 12.6. The molecular weight excluding hydrogens is 320 g/mol. The highest BCUT2D eigenvalue weighted by Gasteiger charge is 2.30. The number of hydrogen-bond acceptors (Lipinski definition) is 3. The van der Waals surface area contributed by atoms with E-state index in [9.17, 15) is 13.2 Å². The van der Waals surface area contributed by atoms with Crippen molar-refractivity contribution in [3.63, 3.8) is 0 Å². The summed E-state index contributed by atoms with van der Waals surface area (Å²) in [6.07, 6.45) is 0. The minimum atomic E-state index is -3.72. The number of ketones is 1. The highest BCUT2D eigenvalue weighted by atomic mass is 35.5. The Morgan fingerprint density at radius 3 is 2.18 bits per heavy atom. The van der Waals surface area contributed by atoms with Gasteiger partial charge >= 0.3 is 0 Å². The molecule has 0 saturated carbocycles. The maximum Gasteiger partial charge on any atom is 0.188 e. The van der Waals surface area contributed by atoms with Gasteiger partial charge in [-0.3, -0.25) is 4.79 Å². The van der Waals surface area contributed by atoms with Crippen molar-refractivity contribution in [1.82, 2.24) is 0 Å². The number of rotatable bonds is 4. The zero-order valence-electron chi connectivity index (χ0n) is 12.6. The molecule has 0 aliphatic carbocycles. The average Bonchev–Trinajstić information content (AvgIpc) is 2.49. The summed E-state index contributed by atoms with van der Waals surface area (Å²) in [6, 6.07) is 11.3. The minimum Gasteiger partial charge on any atom is -0.293 e. The van der Waals surface area contributed by atoms with Gasteiger partial charge in [0, 0.05) is 10.6 Å². The molecule has 0 saturated heterocycles. The third kappa shape index (κ3) is 3.23. The summed E-state index contributed by atoms with van der Waals surface area (Å²) in [4.78, 5) is 12.6. The summed E-state index contributed by atoms with van der Waals surface area (Å²) < 4.78 is 25.1. The van der Waals surface area contributed by atoms with Crippen LogP contribution in [0, 0.1) is 13.8 Å². The summed E-state index contributed by atoms with van der Waals surface area (Å²) in [7, 11) is -3.72. The number of benzene rings is 2. The molecule has 116 valence electrons. The van der Waals surface area contributed by atoms with E-state index in [1.54, 1.807) is 24.3 Å². The topological polar surface area (TPSA) is 51.2 Å². The van der Waals surface area contributed by atoms with Gasteiger partial charge in [-0.25, -0.2) is 8.42 Å². The Balaban J connectivity index is 2.37. The minimum absolute atomic E-state index is 0.150. The number of carbonyl (C=O) groups excluding carboxylic acids is 1. The zero-order chi connectivity index (χ0) is 16.5. The van der Waals surface area contributed by atoms with E-state index in [2.05, 4.69) is 0 Å². The molecule has 0 aromatic heterocycles. The highest BCUT2D eigenvalue weighted by Crippen LogP contribution is 2.22. The van der Waals surface area contributed by atoms with Crippen LogP contribution in [0.3, 0.4) is 0 Å². The van der Waals surface area contributed by atoms with Crippen molar-refractivity contribution in [3.05, 3.63) is 64.2 Å². The maximum atomic E-state index is 12.6. The second kappa shape index (κ2) is 6.23. The van der Waals surface area contributed by atoms with Gasteiger partial charge in [-0.05, 0) is 44.5 Å². The molecule has 2 aromatic carbocycles. The van der Waals surface area contributed by atoms with E-state index in [-0.39, 0.29) is 4.90 Å². The van der Waals surface area contributed by atoms with Crippen LogP contribution in [-0.4, -0.2) is 19.5 Å². The van der Waals surface area contributed by atoms with E-state index in [1.165, 1.54) is 25.1 Å². The first-order chi connectivity index (χ1) is 10.2. The first-order valence-electron chi connectivity index (χ1n) is 6.84. The van der Waals surface area contributed by atoms with Gasteiger partial charge in [-0.15, -0.1) is 0 Å². The Morgan fingerprint density at radius 1 is 1.05 bits per heavy atom. The molecule has 5 heteroatoms. The quantitative estimate of drug-likeness (QED) is 0.793. The molecule has 0 aliphatic rings. The lowest BCUT2D eigenvalue weighted by molar-refractivity contribution is 0.0991. The summed E-state index contributed by atoms with van der Waals surface area (Å²) in [5.41, 5.74) is 2.11. The fourth-order valence-electron chi connectivity index (χ4n) is 2.05. The van der Waals surface area contributed by atoms with Crippen LogP contribution in [0.2, 0.25) is 5.02 Å². The predicted molar refractivity (Wildman–Crippen MR) is 88.3 cm³/mol. The van der Waals surface area contributed by atoms with Crippen molar-refractivity contribution < 1.29 is 13.2 Å². The predicted octanol–water partition coefficient (Wildman–Crippen LogP) is 4.00. The number of aryl methyl sites for hydroxylation is 2. The van der Waals surface area contributed by atoms with Crippen molar-refractivity contribution in [1.29, 1.82) is 0 Å². The third-order valence-corrected chi connectivity index (χ3v) is 6.12. The van der Waals surface area contributed by atoms with Gasteiger partial charge in [0.05, 0.1) is 4.90 Å². The van der Waals surface area contributed by atoms with Crippen LogP contribution in [0.1, 0.15) is 28.4 Å². The third-order valence-electron chi connectivity index (χ3n) is 3.64. The Bertz CT molecular complexity index is 808. The number of halogens is 1. The monoisotopic (exact) mass is 336 g/mol. The van der Waals surface area contributed by atoms with Crippen molar-refractivity contribution in [2.24, 2.45) is 0 Å². The zero-order valence-corrected chi connectivity index (χ0v) is 14.2. The summed E-state index contributed by atoms with van der Waals surface area (Å²) >= 11 is 6.01. The second-order valence-corrected chi connectivity index (χ2v) is 8.00. The molecule has 0 heterocycles. The molecular formula is C17H17ClO3S. The molecule has 0 fully saturated rings. The van der Waals surface area contributed by atoms with Crippen LogP contribution >= 0.6 is 11.6 Å². The van der Waals surface area contributed by atoms with Gasteiger partial charge in [0.15, 0.2) is 15.6 Å². The van der Waals surface area contributed by atoms with Gasteiger partial charge in [0.2, 0.25) is 0 Å². The Morgan fingerprint density at radius 2 is 1.64 bits per heavy atom. The van der Waals surface area contributed by atoms with Gasteiger partial charge in [0.25, 0.3) is 0 Å². The standard InChI is InChI=1S/C17H17ClO3S/c1-11-4-8-15(9-5-11)22(20,21)13(3)17(19)14-7-6-12(2)16(18)10-14/h4-10,13H,1-3H3/t13-/m0/s1. The molecule has 3 nitrogen and oxygen atoms in total. The van der Waals surface area contributed by atoms with Crippen LogP contribution < -0.4 is 0 Å². The van der Waals surface area contributed by atoms with E-state index in [1.807, 2.05) is 13.8 Å². The van der Waals surface area contributed by atoms with Gasteiger partial charge in [-0.2, -0.15) is 0 Å². The SMILES string of the molecule is Cc1ccc(S(=O)(=O)[C@@H](C)C(=O)c2ccc(C)c(Cl)c2)cc1. The van der Waals surface area contributed by atoms with Crippen molar-refractivity contribution in [2.45, 2.75) is 30.9 Å². The average molecular weight is 337 g/mol. The van der Waals surface area contributed by atoms with E-state index in [4.69, 9.17) is 11.6 Å². The van der Waals surface area contributed by atoms with Gasteiger partial charge < -0.3 is 0 Å². The lowest BCUT2D eigenvalue weighted by Crippen LogP contribution is -2.27. The molecule has 0 radical (unpaired) electrons. The highest BCUT2D eigenvalue weighted by molar-refractivity contribution is 7.92. The molecule has 2 rings (SSSR count). The van der Waals surface area contributed by atoms with Crippen LogP contribution in [0.4, 0.5) is 0 Å². The Kier molecular flexibility index (Phi) is 4.73. The van der Waals surface area contributed by atoms with E-state index < -0.39 is 20.9 Å². The lowest BCUT2D eigenvalue weighted by atomic mass is 10.1. The Hall–Kier alpha value is -1.65. The molecule has 2 aromatic rings. The first kappa shape index (κ1) is 16.7. The normalized spacial score (nSPS) is 12.9. The fourth-order valence-corrected chi connectivity index (χ4v) is 3.58. The van der Waals surface area contributed by atoms with Crippen molar-refractivity contribution >= 4 is 27.2 Å². The summed E-state index contributed by atoms with van der Waals surface area (Å²) in [5.74, 6) is -0.456. The smallest absolute Gasteiger partial charge is 0.188 e. The lowest BCUT2D eigenvalue weighted by Gasteiger charge is -2.13. The van der Waals surface area contributed by atoms with E-state index in [0.29, 0.717) is 10.6 Å². The molecule has 1 atom stereocenters. The van der Waals surface area contributed by atoms with Crippen molar-refractivity contribution in [2.75, 3.05) is 0 Å². The Labute approximate surface area is 135 Å². The van der Waals surface area contributed by atoms with Crippen LogP contribution in [0.5, 0.6) is 0 Å². The van der Waals surface area contributed by atoms with E-state index >= 15 is 0 Å². The largest absolute Gasteiger partial charge is 0.293 e. The number of Topliss-reactive ketones (excluding diaryl/α,β-unsaturated/α-hetero) is 1. The van der Waals surface area contributed by atoms with Gasteiger partial charge in [0.1, 0.15) is 5.25 Å². The summed E-state index contributed by atoms with van der Waals surface area (Å²) in [6.45, 7) is 5.10. The fraction of sp³-hybridized carbons (Fsp3) is 0.235. The van der Waals surface area contributed by atoms with Gasteiger partial charge in [-0.1, -0.05) is 41.4 Å². The molecule has 0 amide bonds. The molecule has 0 spiro atoms. The number of sulfone groups is 1.